The zero-order chi connectivity index (χ0) is 26.6. The van der Waals surface area contributed by atoms with Crippen molar-refractivity contribution in [1.29, 1.82) is 5.26 Å². The Morgan fingerprint density at radius 1 is 1.13 bits per heavy atom. The molecule has 6 nitrogen and oxygen atoms in total. The van der Waals surface area contributed by atoms with Gasteiger partial charge in [0.25, 0.3) is 0 Å². The van der Waals surface area contributed by atoms with Gasteiger partial charge in [0.1, 0.15) is 16.1 Å². The van der Waals surface area contributed by atoms with Gasteiger partial charge in [0.2, 0.25) is 5.91 Å². The maximum absolute atomic E-state index is 12.9. The monoisotopic (exact) mass is 559 g/mol. The van der Waals surface area contributed by atoms with Crippen molar-refractivity contribution >= 4 is 51.6 Å². The summed E-state index contributed by atoms with van der Waals surface area (Å²) in [6, 6.07) is 21.1. The Hall–Kier alpha value is -3.64. The van der Waals surface area contributed by atoms with Crippen molar-refractivity contribution in [3.63, 3.8) is 0 Å². The molecule has 4 aromatic rings. The highest BCUT2D eigenvalue weighted by molar-refractivity contribution is 7.99. The number of aromatic nitrogens is 1. The number of thioether (sulfide) groups is 1. The van der Waals surface area contributed by atoms with E-state index >= 15 is 0 Å². The fourth-order valence-corrected chi connectivity index (χ4v) is 6.75. The largest absolute Gasteiger partial charge is 0.465 e. The van der Waals surface area contributed by atoms with Crippen LogP contribution in [0.2, 0.25) is 5.02 Å². The molecule has 1 aliphatic carbocycles. The average molecular weight is 560 g/mol. The molecule has 0 bridgehead atoms. The van der Waals surface area contributed by atoms with Crippen LogP contribution in [0.5, 0.6) is 0 Å². The number of esters is 1. The first-order valence-corrected chi connectivity index (χ1v) is 14.1. The quantitative estimate of drug-likeness (QED) is 0.193. The van der Waals surface area contributed by atoms with E-state index in [9.17, 15) is 14.9 Å². The molecular weight excluding hydrogens is 538 g/mol. The molecule has 0 radical (unpaired) electrons. The highest BCUT2D eigenvalue weighted by atomic mass is 35.5. The SMILES string of the molecule is COC(=O)c1c(NC(=O)CCSc2nc(-c3ccc(Cl)cc3)ccc2C#N)sc2c1CCc1ccccc1-2. The number of nitriles is 1. The van der Waals surface area contributed by atoms with Crippen LogP contribution >= 0.6 is 34.7 Å². The zero-order valence-electron chi connectivity index (χ0n) is 20.4. The number of anilines is 1. The third kappa shape index (κ3) is 5.32. The molecule has 2 aromatic heterocycles. The molecule has 2 heterocycles. The Labute approximate surface area is 233 Å². The molecular formula is C29H22ClN3O3S2. The third-order valence-electron chi connectivity index (χ3n) is 6.24. The van der Waals surface area contributed by atoms with Crippen LogP contribution in [0, 0.1) is 11.3 Å². The van der Waals surface area contributed by atoms with Gasteiger partial charge in [0.15, 0.2) is 0 Å². The Morgan fingerprint density at radius 3 is 2.68 bits per heavy atom. The number of pyridine rings is 1. The first-order chi connectivity index (χ1) is 18.5. The van der Waals surface area contributed by atoms with Crippen molar-refractivity contribution in [3.05, 3.63) is 87.9 Å². The van der Waals surface area contributed by atoms with E-state index in [2.05, 4.69) is 22.4 Å². The number of hydrogen-bond acceptors (Lipinski definition) is 7. The number of fused-ring (bicyclic) bond motifs is 3. The number of methoxy groups -OCH3 is 1. The van der Waals surface area contributed by atoms with Gasteiger partial charge < -0.3 is 10.1 Å². The number of aryl methyl sites for hydroxylation is 1. The van der Waals surface area contributed by atoms with Crippen molar-refractivity contribution in [2.24, 2.45) is 0 Å². The number of thiophene rings is 1. The Kier molecular flexibility index (Phi) is 7.79. The second kappa shape index (κ2) is 11.4. The second-order valence-electron chi connectivity index (χ2n) is 8.58. The van der Waals surface area contributed by atoms with E-state index in [1.807, 2.05) is 30.3 Å². The van der Waals surface area contributed by atoms with Crippen molar-refractivity contribution in [1.82, 2.24) is 4.98 Å². The lowest BCUT2D eigenvalue weighted by molar-refractivity contribution is -0.115. The van der Waals surface area contributed by atoms with Crippen LogP contribution < -0.4 is 5.32 Å². The van der Waals surface area contributed by atoms with Crippen molar-refractivity contribution in [2.45, 2.75) is 24.3 Å². The van der Waals surface area contributed by atoms with E-state index < -0.39 is 5.97 Å². The van der Waals surface area contributed by atoms with Gasteiger partial charge in [-0.05, 0) is 53.8 Å². The van der Waals surface area contributed by atoms with Crippen LogP contribution in [-0.4, -0.2) is 29.7 Å². The number of halogens is 1. The summed E-state index contributed by atoms with van der Waals surface area (Å²) in [5.41, 5.74) is 5.74. The molecule has 0 saturated heterocycles. The summed E-state index contributed by atoms with van der Waals surface area (Å²) < 4.78 is 5.06. The van der Waals surface area contributed by atoms with E-state index in [1.54, 1.807) is 24.3 Å². The van der Waals surface area contributed by atoms with E-state index in [0.29, 0.717) is 38.4 Å². The number of carbonyl (C=O) groups excluding carboxylic acids is 2. The van der Waals surface area contributed by atoms with Gasteiger partial charge >= 0.3 is 5.97 Å². The predicted octanol–water partition coefficient (Wildman–Crippen LogP) is 7.01. The molecule has 1 N–H and O–H groups in total. The summed E-state index contributed by atoms with van der Waals surface area (Å²) in [5.74, 6) is -0.255. The molecule has 0 aliphatic heterocycles. The summed E-state index contributed by atoms with van der Waals surface area (Å²) >= 11 is 8.75. The molecule has 0 unspecified atom stereocenters. The highest BCUT2D eigenvalue weighted by Gasteiger charge is 2.29. The fraction of sp³-hybridized carbons (Fsp3) is 0.172. The standard InChI is InChI=1S/C29H22ClN3O3S2/c1-36-29(35)25-22-12-8-17-4-2-3-5-21(17)26(22)38-28(25)33-24(34)14-15-37-27-19(16-31)9-13-23(32-27)18-6-10-20(30)11-7-18/h2-7,9-11,13H,8,12,14-15H2,1H3,(H,33,34). The number of hydrogen-bond donors (Lipinski definition) is 1. The lowest BCUT2D eigenvalue weighted by Gasteiger charge is -2.16. The molecule has 0 fully saturated rings. The Balaban J connectivity index is 1.31. The minimum absolute atomic E-state index is 0.183. The predicted molar refractivity (Wildman–Crippen MR) is 152 cm³/mol. The summed E-state index contributed by atoms with van der Waals surface area (Å²) in [4.78, 5) is 31.3. The molecule has 9 heteroatoms. The maximum atomic E-state index is 12.9. The number of amides is 1. The van der Waals surface area contributed by atoms with Crippen molar-refractivity contribution in [3.8, 4) is 27.8 Å². The number of nitrogens with zero attached hydrogens (tertiary/aromatic N) is 2. The molecule has 190 valence electrons. The van der Waals surface area contributed by atoms with Crippen LogP contribution in [-0.2, 0) is 22.4 Å². The molecule has 5 rings (SSSR count). The minimum atomic E-state index is -0.451. The zero-order valence-corrected chi connectivity index (χ0v) is 22.8. The summed E-state index contributed by atoms with van der Waals surface area (Å²) in [6.07, 6.45) is 1.73. The molecule has 2 aromatic carbocycles. The minimum Gasteiger partial charge on any atom is -0.465 e. The van der Waals surface area contributed by atoms with E-state index in [0.717, 1.165) is 33.7 Å². The molecule has 0 spiro atoms. The average Bonchev–Trinajstić information content (AvgIpc) is 3.31. The second-order valence-corrected chi connectivity index (χ2v) is 11.1. The van der Waals surface area contributed by atoms with Gasteiger partial charge in [0, 0.05) is 27.6 Å². The van der Waals surface area contributed by atoms with Gasteiger partial charge in [-0.25, -0.2) is 9.78 Å². The van der Waals surface area contributed by atoms with Gasteiger partial charge in [-0.1, -0.05) is 48.0 Å². The number of nitrogens with one attached hydrogen (secondary N) is 1. The van der Waals surface area contributed by atoms with Crippen molar-refractivity contribution < 1.29 is 14.3 Å². The van der Waals surface area contributed by atoms with E-state index in [1.165, 1.54) is 35.8 Å². The van der Waals surface area contributed by atoms with E-state index in [-0.39, 0.29) is 12.3 Å². The van der Waals surface area contributed by atoms with Gasteiger partial charge in [0.05, 0.1) is 23.9 Å². The highest BCUT2D eigenvalue weighted by Crippen LogP contribution is 2.45. The summed E-state index contributed by atoms with van der Waals surface area (Å²) in [6.45, 7) is 0. The lowest BCUT2D eigenvalue weighted by atomic mass is 9.89. The number of rotatable bonds is 7. The Morgan fingerprint density at radius 2 is 1.92 bits per heavy atom. The van der Waals surface area contributed by atoms with Crippen LogP contribution in [0.15, 0.2) is 65.7 Å². The molecule has 38 heavy (non-hydrogen) atoms. The van der Waals surface area contributed by atoms with Crippen LogP contribution in [0.1, 0.15) is 33.5 Å². The molecule has 1 aliphatic rings. The molecule has 0 atom stereocenters. The number of benzene rings is 2. The van der Waals surface area contributed by atoms with Crippen LogP contribution in [0.3, 0.4) is 0 Å². The summed E-state index contributed by atoms with van der Waals surface area (Å²) in [5, 5.41) is 14.2. The van der Waals surface area contributed by atoms with Crippen LogP contribution in [0.4, 0.5) is 5.00 Å². The smallest absolute Gasteiger partial charge is 0.341 e. The van der Waals surface area contributed by atoms with Gasteiger partial charge in [-0.15, -0.1) is 23.1 Å². The number of carbonyl (C=O) groups is 2. The van der Waals surface area contributed by atoms with Crippen LogP contribution in [0.25, 0.3) is 21.7 Å². The normalized spacial score (nSPS) is 11.7. The topological polar surface area (TPSA) is 92.1 Å². The van der Waals surface area contributed by atoms with E-state index in [4.69, 9.17) is 16.3 Å². The number of ether oxygens (including phenoxy) is 1. The van der Waals surface area contributed by atoms with Crippen molar-refractivity contribution in [2.75, 3.05) is 18.2 Å². The Bertz CT molecular complexity index is 1580. The van der Waals surface area contributed by atoms with Gasteiger partial charge in [-0.3, -0.25) is 4.79 Å². The fourth-order valence-electron chi connectivity index (χ4n) is 4.39. The van der Waals surface area contributed by atoms with Gasteiger partial charge in [-0.2, -0.15) is 5.26 Å². The first kappa shape index (κ1) is 26.0. The summed E-state index contributed by atoms with van der Waals surface area (Å²) in [7, 11) is 1.35. The maximum Gasteiger partial charge on any atom is 0.341 e. The molecule has 1 amide bonds. The lowest BCUT2D eigenvalue weighted by Crippen LogP contribution is -2.15. The first-order valence-electron chi connectivity index (χ1n) is 11.9. The molecule has 0 saturated carbocycles. The third-order valence-corrected chi connectivity index (χ3v) is 8.67.